The van der Waals surface area contributed by atoms with Crippen molar-refractivity contribution >= 4 is 17.2 Å². The van der Waals surface area contributed by atoms with Crippen LogP contribution in [-0.4, -0.2) is 24.0 Å². The number of nitrogens with zero attached hydrogens (tertiary/aromatic N) is 2. The number of rotatable bonds is 5. The molecule has 0 radical (unpaired) electrons. The third kappa shape index (κ3) is 3.54. The third-order valence-corrected chi connectivity index (χ3v) is 3.30. The van der Waals surface area contributed by atoms with E-state index in [-0.39, 0.29) is 0 Å². The van der Waals surface area contributed by atoms with E-state index in [4.69, 9.17) is 0 Å². The molecule has 0 saturated carbocycles. The zero-order chi connectivity index (χ0) is 12.1. The lowest BCUT2D eigenvalue weighted by molar-refractivity contribution is 0.319. The molecule has 0 aliphatic rings. The van der Waals surface area contributed by atoms with Crippen molar-refractivity contribution in [2.24, 2.45) is 0 Å². The molecular weight excluding hydrogens is 230 g/mol. The highest BCUT2D eigenvalue weighted by Crippen LogP contribution is 2.11. The van der Waals surface area contributed by atoms with Crippen LogP contribution < -0.4 is 5.32 Å². The first-order chi connectivity index (χ1) is 8.28. The van der Waals surface area contributed by atoms with E-state index in [0.29, 0.717) is 0 Å². The molecule has 0 bridgehead atoms. The molecule has 2 aromatic rings. The number of pyridine rings is 1. The smallest absolute Gasteiger partial charge is 0.125 e. The van der Waals surface area contributed by atoms with Gasteiger partial charge in [0.1, 0.15) is 5.82 Å². The molecule has 3 nitrogen and oxygen atoms in total. The first kappa shape index (κ1) is 12.1. The highest BCUT2D eigenvalue weighted by Gasteiger charge is 2.02. The fraction of sp³-hybridized carbons (Fsp3) is 0.308. The Kier molecular flexibility index (Phi) is 4.12. The van der Waals surface area contributed by atoms with Gasteiger partial charge in [-0.15, -0.1) is 0 Å². The molecule has 0 atom stereocenters. The SMILES string of the molecule is CNc1ccc(CN(C)Cc2ccsc2)cn1. The number of anilines is 1. The quantitative estimate of drug-likeness (QED) is 0.880. The second-order valence-electron chi connectivity index (χ2n) is 4.11. The van der Waals surface area contributed by atoms with Crippen molar-refractivity contribution in [3.8, 4) is 0 Å². The summed E-state index contributed by atoms with van der Waals surface area (Å²) >= 11 is 1.75. The molecule has 2 aromatic heterocycles. The van der Waals surface area contributed by atoms with Crippen LogP contribution in [0.15, 0.2) is 35.2 Å². The maximum absolute atomic E-state index is 4.31. The Bertz CT molecular complexity index is 436. The van der Waals surface area contributed by atoms with Crippen molar-refractivity contribution in [1.82, 2.24) is 9.88 Å². The summed E-state index contributed by atoms with van der Waals surface area (Å²) in [5, 5.41) is 7.33. The maximum Gasteiger partial charge on any atom is 0.125 e. The van der Waals surface area contributed by atoms with Crippen molar-refractivity contribution in [3.05, 3.63) is 46.3 Å². The maximum atomic E-state index is 4.31. The summed E-state index contributed by atoms with van der Waals surface area (Å²) in [6, 6.07) is 6.29. The molecule has 0 unspecified atom stereocenters. The van der Waals surface area contributed by atoms with Crippen molar-refractivity contribution in [3.63, 3.8) is 0 Å². The van der Waals surface area contributed by atoms with Crippen LogP contribution in [0, 0.1) is 0 Å². The number of aromatic nitrogens is 1. The van der Waals surface area contributed by atoms with E-state index < -0.39 is 0 Å². The van der Waals surface area contributed by atoms with Gasteiger partial charge in [-0.05, 0) is 41.1 Å². The van der Waals surface area contributed by atoms with Crippen LogP contribution >= 0.6 is 11.3 Å². The van der Waals surface area contributed by atoms with Gasteiger partial charge in [-0.25, -0.2) is 4.98 Å². The fourth-order valence-corrected chi connectivity index (χ4v) is 2.39. The molecule has 0 aliphatic heterocycles. The van der Waals surface area contributed by atoms with Crippen molar-refractivity contribution in [2.45, 2.75) is 13.1 Å². The third-order valence-electron chi connectivity index (χ3n) is 2.57. The summed E-state index contributed by atoms with van der Waals surface area (Å²) in [5.41, 5.74) is 2.61. The Labute approximate surface area is 106 Å². The van der Waals surface area contributed by atoms with Gasteiger partial charge in [-0.3, -0.25) is 4.90 Å². The second-order valence-corrected chi connectivity index (χ2v) is 4.89. The topological polar surface area (TPSA) is 28.2 Å². The Balaban J connectivity index is 1.91. The van der Waals surface area contributed by atoms with Crippen molar-refractivity contribution < 1.29 is 0 Å². The van der Waals surface area contributed by atoms with E-state index in [1.54, 1.807) is 11.3 Å². The molecule has 0 spiro atoms. The Hall–Kier alpha value is -1.39. The molecule has 2 heterocycles. The normalized spacial score (nSPS) is 10.8. The second kappa shape index (κ2) is 5.80. The van der Waals surface area contributed by atoms with Crippen LogP contribution in [0.25, 0.3) is 0 Å². The minimum atomic E-state index is 0.911. The van der Waals surface area contributed by atoms with E-state index in [1.807, 2.05) is 19.3 Å². The zero-order valence-electron chi connectivity index (χ0n) is 10.2. The summed E-state index contributed by atoms with van der Waals surface area (Å²) in [5.74, 6) is 0.911. The summed E-state index contributed by atoms with van der Waals surface area (Å²) in [7, 11) is 4.01. The highest BCUT2D eigenvalue weighted by atomic mass is 32.1. The Morgan fingerprint density at radius 2 is 2.06 bits per heavy atom. The van der Waals surface area contributed by atoms with Crippen LogP contribution in [0.5, 0.6) is 0 Å². The molecule has 0 aromatic carbocycles. The van der Waals surface area contributed by atoms with Gasteiger partial charge in [0.25, 0.3) is 0 Å². The summed E-state index contributed by atoms with van der Waals surface area (Å²) < 4.78 is 0. The lowest BCUT2D eigenvalue weighted by Crippen LogP contribution is -2.16. The minimum absolute atomic E-state index is 0.911. The van der Waals surface area contributed by atoms with E-state index in [9.17, 15) is 0 Å². The first-order valence-electron chi connectivity index (χ1n) is 5.60. The van der Waals surface area contributed by atoms with Gasteiger partial charge in [-0.2, -0.15) is 11.3 Å². The largest absolute Gasteiger partial charge is 0.373 e. The average Bonchev–Trinajstić information content (AvgIpc) is 2.82. The minimum Gasteiger partial charge on any atom is -0.373 e. The van der Waals surface area contributed by atoms with E-state index in [0.717, 1.165) is 18.9 Å². The molecule has 0 aliphatic carbocycles. The molecule has 2 rings (SSSR count). The molecule has 0 fully saturated rings. The number of thiophene rings is 1. The Morgan fingerprint density at radius 3 is 2.65 bits per heavy atom. The van der Waals surface area contributed by atoms with Gasteiger partial charge < -0.3 is 5.32 Å². The number of hydrogen-bond donors (Lipinski definition) is 1. The fourth-order valence-electron chi connectivity index (χ4n) is 1.73. The first-order valence-corrected chi connectivity index (χ1v) is 6.54. The van der Waals surface area contributed by atoms with Gasteiger partial charge >= 0.3 is 0 Å². The predicted octanol–water partition coefficient (Wildman–Crippen LogP) is 2.82. The van der Waals surface area contributed by atoms with Crippen LogP contribution in [0.3, 0.4) is 0 Å². The summed E-state index contributed by atoms with van der Waals surface area (Å²) in [6.45, 7) is 1.91. The van der Waals surface area contributed by atoms with Gasteiger partial charge in [0.2, 0.25) is 0 Å². The van der Waals surface area contributed by atoms with Gasteiger partial charge in [0.05, 0.1) is 0 Å². The predicted molar refractivity (Wildman–Crippen MR) is 73.3 cm³/mol. The number of hydrogen-bond acceptors (Lipinski definition) is 4. The molecule has 90 valence electrons. The molecular formula is C13H17N3S. The van der Waals surface area contributed by atoms with E-state index >= 15 is 0 Å². The summed E-state index contributed by atoms with van der Waals surface area (Å²) in [6.07, 6.45) is 1.93. The molecule has 17 heavy (non-hydrogen) atoms. The average molecular weight is 247 g/mol. The molecule has 4 heteroatoms. The van der Waals surface area contributed by atoms with Crippen LogP contribution in [0.2, 0.25) is 0 Å². The van der Waals surface area contributed by atoms with E-state index in [1.165, 1.54) is 11.1 Å². The molecule has 0 saturated heterocycles. The van der Waals surface area contributed by atoms with Crippen molar-refractivity contribution in [1.29, 1.82) is 0 Å². The van der Waals surface area contributed by atoms with Crippen LogP contribution in [-0.2, 0) is 13.1 Å². The van der Waals surface area contributed by atoms with Crippen LogP contribution in [0.1, 0.15) is 11.1 Å². The van der Waals surface area contributed by atoms with Gasteiger partial charge in [0, 0.05) is 26.3 Å². The van der Waals surface area contributed by atoms with E-state index in [2.05, 4.69) is 45.1 Å². The molecule has 1 N–H and O–H groups in total. The summed E-state index contributed by atoms with van der Waals surface area (Å²) in [4.78, 5) is 6.60. The lowest BCUT2D eigenvalue weighted by atomic mass is 10.2. The van der Waals surface area contributed by atoms with Crippen LogP contribution in [0.4, 0.5) is 5.82 Å². The zero-order valence-corrected chi connectivity index (χ0v) is 11.0. The van der Waals surface area contributed by atoms with Gasteiger partial charge in [-0.1, -0.05) is 6.07 Å². The van der Waals surface area contributed by atoms with Gasteiger partial charge in [0.15, 0.2) is 0 Å². The number of nitrogens with one attached hydrogen (secondary N) is 1. The molecule has 0 amide bonds. The Morgan fingerprint density at radius 1 is 1.24 bits per heavy atom. The monoisotopic (exact) mass is 247 g/mol. The lowest BCUT2D eigenvalue weighted by Gasteiger charge is -2.15. The highest BCUT2D eigenvalue weighted by molar-refractivity contribution is 7.07. The van der Waals surface area contributed by atoms with Crippen molar-refractivity contribution in [2.75, 3.05) is 19.4 Å². The standard InChI is InChI=1S/C13H17N3S/c1-14-13-4-3-11(7-15-13)8-16(2)9-12-5-6-17-10-12/h3-7,10H,8-9H2,1-2H3,(H,14,15).